The van der Waals surface area contributed by atoms with Gasteiger partial charge in [0.15, 0.2) is 0 Å². The molecule has 0 aliphatic carbocycles. The zero-order valence-electron chi connectivity index (χ0n) is 11.2. The molecule has 0 saturated heterocycles. The second-order valence-electron chi connectivity index (χ2n) is 4.62. The monoisotopic (exact) mass is 267 g/mol. The van der Waals surface area contributed by atoms with Gasteiger partial charge in [0.25, 0.3) is 0 Å². The van der Waals surface area contributed by atoms with Gasteiger partial charge in [-0.1, -0.05) is 12.1 Å². The van der Waals surface area contributed by atoms with E-state index in [4.69, 9.17) is 0 Å². The summed E-state index contributed by atoms with van der Waals surface area (Å²) < 4.78 is 1.86. The third-order valence-electron chi connectivity index (χ3n) is 3.16. The van der Waals surface area contributed by atoms with E-state index in [1.807, 2.05) is 23.1 Å². The van der Waals surface area contributed by atoms with Crippen LogP contribution in [0.15, 0.2) is 55.2 Å². The Morgan fingerprint density at radius 1 is 1.20 bits per heavy atom. The van der Waals surface area contributed by atoms with E-state index in [1.54, 1.807) is 12.5 Å². The topological polar surface area (TPSA) is 58.5 Å². The maximum Gasteiger partial charge on any atom is 0.0921 e. The lowest BCUT2D eigenvalue weighted by atomic mass is 10.2. The zero-order valence-corrected chi connectivity index (χ0v) is 11.2. The number of aromatic amines is 1. The summed E-state index contributed by atoms with van der Waals surface area (Å²) in [5.41, 5.74) is 3.51. The Kier molecular flexibility index (Phi) is 3.89. The Morgan fingerprint density at radius 2 is 2.10 bits per heavy atom. The smallest absolute Gasteiger partial charge is 0.0921 e. The quantitative estimate of drug-likeness (QED) is 0.671. The van der Waals surface area contributed by atoms with Crippen LogP contribution in [0.25, 0.3) is 5.69 Å². The first kappa shape index (κ1) is 12.6. The van der Waals surface area contributed by atoms with Crippen LogP contribution in [-0.4, -0.2) is 26.3 Å². The minimum absolute atomic E-state index is 0.869. The maximum absolute atomic E-state index is 4.21. The number of nitrogens with zero attached hydrogens (tertiary/aromatic N) is 3. The number of benzene rings is 1. The molecule has 0 spiro atoms. The van der Waals surface area contributed by atoms with Crippen LogP contribution in [0.4, 0.5) is 0 Å². The number of aromatic nitrogens is 4. The molecule has 2 N–H and O–H groups in total. The SMILES string of the molecule is c1cnn(-c2ccc(CNCCc3cnc[nH]3)cc2)c1. The van der Waals surface area contributed by atoms with Gasteiger partial charge in [0, 0.05) is 43.8 Å². The van der Waals surface area contributed by atoms with Gasteiger partial charge in [-0.2, -0.15) is 5.10 Å². The van der Waals surface area contributed by atoms with Crippen LogP contribution >= 0.6 is 0 Å². The molecule has 0 saturated carbocycles. The van der Waals surface area contributed by atoms with E-state index in [9.17, 15) is 0 Å². The molecule has 0 atom stereocenters. The maximum atomic E-state index is 4.21. The fourth-order valence-corrected chi connectivity index (χ4v) is 2.07. The van der Waals surface area contributed by atoms with Crippen LogP contribution in [0.3, 0.4) is 0 Å². The predicted octanol–water partition coefficient (Wildman–Crippen LogP) is 1.93. The molecule has 0 unspecified atom stereocenters. The highest BCUT2D eigenvalue weighted by Crippen LogP contribution is 2.08. The highest BCUT2D eigenvalue weighted by molar-refractivity contribution is 5.33. The lowest BCUT2D eigenvalue weighted by Crippen LogP contribution is -2.16. The molecule has 2 heterocycles. The lowest BCUT2D eigenvalue weighted by molar-refractivity contribution is 0.681. The van der Waals surface area contributed by atoms with Crippen LogP contribution in [0.2, 0.25) is 0 Å². The van der Waals surface area contributed by atoms with Gasteiger partial charge in [0.1, 0.15) is 0 Å². The Morgan fingerprint density at radius 3 is 2.80 bits per heavy atom. The fraction of sp³-hybridized carbons (Fsp3) is 0.200. The van der Waals surface area contributed by atoms with E-state index in [-0.39, 0.29) is 0 Å². The van der Waals surface area contributed by atoms with Crippen LogP contribution < -0.4 is 5.32 Å². The molecule has 102 valence electrons. The highest BCUT2D eigenvalue weighted by Gasteiger charge is 1.98. The van der Waals surface area contributed by atoms with Crippen molar-refractivity contribution in [3.63, 3.8) is 0 Å². The number of rotatable bonds is 6. The second kappa shape index (κ2) is 6.16. The number of imidazole rings is 1. The van der Waals surface area contributed by atoms with Crippen molar-refractivity contribution >= 4 is 0 Å². The number of hydrogen-bond acceptors (Lipinski definition) is 3. The summed E-state index contributed by atoms with van der Waals surface area (Å²) in [4.78, 5) is 7.10. The minimum atomic E-state index is 0.869. The Bertz CT molecular complexity index is 611. The van der Waals surface area contributed by atoms with Gasteiger partial charge in [0.2, 0.25) is 0 Å². The lowest BCUT2D eigenvalue weighted by Gasteiger charge is -2.06. The van der Waals surface area contributed by atoms with Gasteiger partial charge in [-0.25, -0.2) is 9.67 Å². The molecule has 0 fully saturated rings. The average molecular weight is 267 g/mol. The van der Waals surface area contributed by atoms with Gasteiger partial charge < -0.3 is 10.3 Å². The van der Waals surface area contributed by atoms with E-state index >= 15 is 0 Å². The fourth-order valence-electron chi connectivity index (χ4n) is 2.07. The largest absolute Gasteiger partial charge is 0.348 e. The van der Waals surface area contributed by atoms with E-state index in [0.717, 1.165) is 30.9 Å². The molecule has 3 rings (SSSR count). The van der Waals surface area contributed by atoms with Crippen molar-refractivity contribution in [3.8, 4) is 5.69 Å². The third-order valence-corrected chi connectivity index (χ3v) is 3.16. The van der Waals surface area contributed by atoms with Crippen LogP contribution in [0, 0.1) is 0 Å². The molecule has 0 radical (unpaired) electrons. The Balaban J connectivity index is 1.48. The first-order valence-corrected chi connectivity index (χ1v) is 6.69. The van der Waals surface area contributed by atoms with Crippen LogP contribution in [0.1, 0.15) is 11.3 Å². The number of hydrogen-bond donors (Lipinski definition) is 2. The summed E-state index contributed by atoms with van der Waals surface area (Å²) in [6, 6.07) is 10.3. The van der Waals surface area contributed by atoms with Gasteiger partial charge >= 0.3 is 0 Å². The molecular weight excluding hydrogens is 250 g/mol. The summed E-state index contributed by atoms with van der Waals surface area (Å²) in [7, 11) is 0. The third kappa shape index (κ3) is 3.13. The molecule has 0 bridgehead atoms. The zero-order chi connectivity index (χ0) is 13.6. The summed E-state index contributed by atoms with van der Waals surface area (Å²) in [6.45, 7) is 1.80. The molecule has 20 heavy (non-hydrogen) atoms. The van der Waals surface area contributed by atoms with Crippen molar-refractivity contribution in [2.24, 2.45) is 0 Å². The van der Waals surface area contributed by atoms with Crippen LogP contribution in [0.5, 0.6) is 0 Å². The van der Waals surface area contributed by atoms with Crippen molar-refractivity contribution in [1.29, 1.82) is 0 Å². The predicted molar refractivity (Wildman–Crippen MR) is 77.6 cm³/mol. The number of nitrogens with one attached hydrogen (secondary N) is 2. The molecule has 2 aromatic heterocycles. The second-order valence-corrected chi connectivity index (χ2v) is 4.62. The first-order valence-electron chi connectivity index (χ1n) is 6.69. The van der Waals surface area contributed by atoms with E-state index in [2.05, 4.69) is 44.6 Å². The molecule has 0 aliphatic rings. The summed E-state index contributed by atoms with van der Waals surface area (Å²) in [5.74, 6) is 0. The van der Waals surface area contributed by atoms with Crippen molar-refractivity contribution in [2.45, 2.75) is 13.0 Å². The van der Waals surface area contributed by atoms with Gasteiger partial charge in [0.05, 0.1) is 12.0 Å². The highest BCUT2D eigenvalue weighted by atomic mass is 15.3. The minimum Gasteiger partial charge on any atom is -0.348 e. The molecule has 3 aromatic rings. The molecule has 0 amide bonds. The first-order chi connectivity index (χ1) is 9.92. The summed E-state index contributed by atoms with van der Waals surface area (Å²) in [5, 5.41) is 7.64. The summed E-state index contributed by atoms with van der Waals surface area (Å²) >= 11 is 0. The summed E-state index contributed by atoms with van der Waals surface area (Å²) in [6.07, 6.45) is 8.26. The van der Waals surface area contributed by atoms with Crippen molar-refractivity contribution < 1.29 is 0 Å². The van der Waals surface area contributed by atoms with Crippen LogP contribution in [-0.2, 0) is 13.0 Å². The molecule has 5 heteroatoms. The standard InChI is InChI=1S/C15H17N5/c1-7-19-20(9-1)15-4-2-13(3-5-15)10-16-8-6-14-11-17-12-18-14/h1-5,7,9,11-12,16H,6,8,10H2,(H,17,18). The molecule has 1 aromatic carbocycles. The normalized spacial score (nSPS) is 10.8. The molecule has 0 aliphatic heterocycles. The van der Waals surface area contributed by atoms with E-state index in [1.165, 1.54) is 5.56 Å². The van der Waals surface area contributed by atoms with Gasteiger partial charge in [-0.15, -0.1) is 0 Å². The van der Waals surface area contributed by atoms with Crippen molar-refractivity contribution in [2.75, 3.05) is 6.54 Å². The van der Waals surface area contributed by atoms with Crippen molar-refractivity contribution in [3.05, 3.63) is 66.5 Å². The molecule has 5 nitrogen and oxygen atoms in total. The average Bonchev–Trinajstić information content (AvgIpc) is 3.17. The Hall–Kier alpha value is -2.40. The number of H-pyrrole nitrogens is 1. The van der Waals surface area contributed by atoms with Gasteiger partial charge in [-0.3, -0.25) is 0 Å². The molecular formula is C15H17N5. The van der Waals surface area contributed by atoms with Crippen molar-refractivity contribution in [1.82, 2.24) is 25.1 Å². The Labute approximate surface area is 117 Å². The van der Waals surface area contributed by atoms with Gasteiger partial charge in [-0.05, 0) is 23.8 Å². The van der Waals surface area contributed by atoms with E-state index < -0.39 is 0 Å². The van der Waals surface area contributed by atoms with E-state index in [0.29, 0.717) is 0 Å².